The number of rotatable bonds is 4. The Morgan fingerprint density at radius 1 is 1.29 bits per heavy atom. The molecule has 0 atom stereocenters. The van der Waals surface area contributed by atoms with Crippen molar-refractivity contribution >= 4 is 11.8 Å². The van der Waals surface area contributed by atoms with Crippen LogP contribution in [0.25, 0.3) is 0 Å². The standard InChI is InChI=1S/C13H15N3S/c1-10-2-4-11(5-3-10)8-17-13-15-14-9-16(13)12-6-7-12/h2-5,9,12H,6-8H2,1H3. The highest BCUT2D eigenvalue weighted by atomic mass is 32.2. The molecule has 0 saturated heterocycles. The summed E-state index contributed by atoms with van der Waals surface area (Å²) in [6.45, 7) is 2.11. The van der Waals surface area contributed by atoms with Crippen molar-refractivity contribution < 1.29 is 0 Å². The number of aromatic nitrogens is 3. The SMILES string of the molecule is Cc1ccc(CSc2nncn2C2CC2)cc1. The molecule has 0 radical (unpaired) electrons. The summed E-state index contributed by atoms with van der Waals surface area (Å²) in [5.41, 5.74) is 2.64. The Bertz CT molecular complexity index is 500. The fourth-order valence-corrected chi connectivity index (χ4v) is 2.71. The maximum Gasteiger partial charge on any atom is 0.191 e. The minimum Gasteiger partial charge on any atom is -0.306 e. The van der Waals surface area contributed by atoms with Gasteiger partial charge < -0.3 is 4.57 Å². The average molecular weight is 245 g/mol. The van der Waals surface area contributed by atoms with Gasteiger partial charge in [0.25, 0.3) is 0 Å². The fraction of sp³-hybridized carbons (Fsp3) is 0.385. The summed E-state index contributed by atoms with van der Waals surface area (Å²) in [5.74, 6) is 0.964. The van der Waals surface area contributed by atoms with E-state index in [1.807, 2.05) is 6.33 Å². The predicted octanol–water partition coefficient (Wildman–Crippen LogP) is 3.21. The van der Waals surface area contributed by atoms with Crippen LogP contribution in [0.4, 0.5) is 0 Å². The van der Waals surface area contributed by atoms with Crippen molar-refractivity contribution in [2.45, 2.75) is 36.7 Å². The number of nitrogens with zero attached hydrogens (tertiary/aromatic N) is 3. The van der Waals surface area contributed by atoms with E-state index >= 15 is 0 Å². The monoisotopic (exact) mass is 245 g/mol. The van der Waals surface area contributed by atoms with E-state index < -0.39 is 0 Å². The molecular formula is C13H15N3S. The smallest absolute Gasteiger partial charge is 0.191 e. The molecule has 2 aromatic rings. The van der Waals surface area contributed by atoms with Crippen LogP contribution in [0, 0.1) is 6.92 Å². The number of hydrogen-bond acceptors (Lipinski definition) is 3. The van der Waals surface area contributed by atoms with E-state index in [0.29, 0.717) is 6.04 Å². The van der Waals surface area contributed by atoms with E-state index in [0.717, 1.165) is 10.9 Å². The molecule has 3 rings (SSSR count). The van der Waals surface area contributed by atoms with Crippen LogP contribution in [-0.2, 0) is 5.75 Å². The van der Waals surface area contributed by atoms with Crippen LogP contribution in [-0.4, -0.2) is 14.8 Å². The summed E-state index contributed by atoms with van der Waals surface area (Å²) in [6.07, 6.45) is 4.40. The Kier molecular flexibility index (Phi) is 2.89. The van der Waals surface area contributed by atoms with E-state index in [1.165, 1.54) is 24.0 Å². The maximum absolute atomic E-state index is 4.19. The molecule has 1 aromatic carbocycles. The summed E-state index contributed by atoms with van der Waals surface area (Å²) in [4.78, 5) is 0. The van der Waals surface area contributed by atoms with Crippen molar-refractivity contribution in [3.05, 3.63) is 41.7 Å². The van der Waals surface area contributed by atoms with Gasteiger partial charge in [-0.1, -0.05) is 41.6 Å². The van der Waals surface area contributed by atoms with Crippen LogP contribution >= 0.6 is 11.8 Å². The third-order valence-electron chi connectivity index (χ3n) is 2.97. The van der Waals surface area contributed by atoms with Gasteiger partial charge in [0, 0.05) is 11.8 Å². The molecule has 88 valence electrons. The third-order valence-corrected chi connectivity index (χ3v) is 4.00. The normalized spacial score (nSPS) is 15.1. The molecule has 1 aromatic heterocycles. The third kappa shape index (κ3) is 2.52. The highest BCUT2D eigenvalue weighted by molar-refractivity contribution is 7.98. The molecule has 0 amide bonds. The van der Waals surface area contributed by atoms with Gasteiger partial charge in [-0.05, 0) is 25.3 Å². The van der Waals surface area contributed by atoms with Gasteiger partial charge in [-0.2, -0.15) is 0 Å². The van der Waals surface area contributed by atoms with Gasteiger partial charge in [0.2, 0.25) is 0 Å². The van der Waals surface area contributed by atoms with Crippen LogP contribution in [0.3, 0.4) is 0 Å². The van der Waals surface area contributed by atoms with Crippen molar-refractivity contribution in [3.63, 3.8) is 0 Å². The van der Waals surface area contributed by atoms with Crippen LogP contribution in [0.5, 0.6) is 0 Å². The van der Waals surface area contributed by atoms with Gasteiger partial charge in [-0.25, -0.2) is 0 Å². The Hall–Kier alpha value is -1.29. The first kappa shape index (κ1) is 10.8. The van der Waals surface area contributed by atoms with Crippen molar-refractivity contribution in [2.75, 3.05) is 0 Å². The summed E-state index contributed by atoms with van der Waals surface area (Å²) < 4.78 is 2.21. The number of thioether (sulfide) groups is 1. The lowest BCUT2D eigenvalue weighted by Crippen LogP contribution is -1.94. The Labute approximate surface area is 105 Å². The zero-order chi connectivity index (χ0) is 11.7. The van der Waals surface area contributed by atoms with Crippen molar-refractivity contribution in [3.8, 4) is 0 Å². The lowest BCUT2D eigenvalue weighted by atomic mass is 10.2. The van der Waals surface area contributed by atoms with Crippen LogP contribution in [0.2, 0.25) is 0 Å². The first-order valence-electron chi connectivity index (χ1n) is 5.91. The molecule has 3 nitrogen and oxygen atoms in total. The van der Waals surface area contributed by atoms with E-state index in [4.69, 9.17) is 0 Å². The zero-order valence-corrected chi connectivity index (χ0v) is 10.7. The van der Waals surface area contributed by atoms with Crippen LogP contribution < -0.4 is 0 Å². The van der Waals surface area contributed by atoms with Gasteiger partial charge in [-0.3, -0.25) is 0 Å². The van der Waals surface area contributed by atoms with E-state index in [-0.39, 0.29) is 0 Å². The fourth-order valence-electron chi connectivity index (χ4n) is 1.77. The number of benzene rings is 1. The van der Waals surface area contributed by atoms with Gasteiger partial charge in [-0.15, -0.1) is 10.2 Å². The maximum atomic E-state index is 4.19. The highest BCUT2D eigenvalue weighted by Gasteiger charge is 2.26. The first-order valence-corrected chi connectivity index (χ1v) is 6.89. The van der Waals surface area contributed by atoms with Gasteiger partial charge in [0.15, 0.2) is 5.16 Å². The molecule has 4 heteroatoms. The van der Waals surface area contributed by atoms with Gasteiger partial charge in [0.1, 0.15) is 6.33 Å². The molecule has 0 aliphatic heterocycles. The lowest BCUT2D eigenvalue weighted by molar-refractivity contribution is 0.663. The van der Waals surface area contributed by atoms with Crippen molar-refractivity contribution in [1.82, 2.24) is 14.8 Å². The van der Waals surface area contributed by atoms with Crippen LogP contribution in [0.15, 0.2) is 35.7 Å². The van der Waals surface area contributed by atoms with Crippen LogP contribution in [0.1, 0.15) is 30.0 Å². The summed E-state index contributed by atoms with van der Waals surface area (Å²) in [6, 6.07) is 9.33. The van der Waals surface area contributed by atoms with E-state index in [1.54, 1.807) is 11.8 Å². The molecule has 1 fully saturated rings. The molecule has 1 saturated carbocycles. The van der Waals surface area contributed by atoms with Gasteiger partial charge in [0.05, 0.1) is 0 Å². The Morgan fingerprint density at radius 2 is 2.06 bits per heavy atom. The second-order valence-electron chi connectivity index (χ2n) is 4.53. The molecule has 17 heavy (non-hydrogen) atoms. The molecule has 0 spiro atoms. The second kappa shape index (κ2) is 4.53. The quantitative estimate of drug-likeness (QED) is 0.775. The molecule has 0 bridgehead atoms. The minimum absolute atomic E-state index is 0.658. The first-order chi connectivity index (χ1) is 8.33. The summed E-state index contributed by atoms with van der Waals surface area (Å²) in [7, 11) is 0. The zero-order valence-electron chi connectivity index (χ0n) is 9.84. The lowest BCUT2D eigenvalue weighted by Gasteiger charge is -2.04. The summed E-state index contributed by atoms with van der Waals surface area (Å²) in [5, 5.41) is 9.24. The second-order valence-corrected chi connectivity index (χ2v) is 5.47. The molecule has 1 aliphatic carbocycles. The topological polar surface area (TPSA) is 30.7 Å². The molecule has 0 unspecified atom stereocenters. The minimum atomic E-state index is 0.658. The van der Waals surface area contributed by atoms with E-state index in [9.17, 15) is 0 Å². The molecular weight excluding hydrogens is 230 g/mol. The number of hydrogen-bond donors (Lipinski definition) is 0. The predicted molar refractivity (Wildman–Crippen MR) is 69.0 cm³/mol. The average Bonchev–Trinajstić information content (AvgIpc) is 3.08. The largest absolute Gasteiger partial charge is 0.306 e. The summed E-state index contributed by atoms with van der Waals surface area (Å²) >= 11 is 1.77. The molecule has 1 heterocycles. The molecule has 0 N–H and O–H groups in total. The van der Waals surface area contributed by atoms with E-state index in [2.05, 4.69) is 46.0 Å². The van der Waals surface area contributed by atoms with Crippen molar-refractivity contribution in [2.24, 2.45) is 0 Å². The van der Waals surface area contributed by atoms with Gasteiger partial charge >= 0.3 is 0 Å². The highest BCUT2D eigenvalue weighted by Crippen LogP contribution is 2.37. The molecule has 1 aliphatic rings. The number of aryl methyl sites for hydroxylation is 1. The van der Waals surface area contributed by atoms with Crippen molar-refractivity contribution in [1.29, 1.82) is 0 Å². The Morgan fingerprint density at radius 3 is 2.76 bits per heavy atom. The Balaban J connectivity index is 1.67.